The van der Waals surface area contributed by atoms with Gasteiger partial charge in [-0.05, 0) is 18.2 Å². The van der Waals surface area contributed by atoms with Gasteiger partial charge in [0.2, 0.25) is 0 Å². The highest BCUT2D eigenvalue weighted by Gasteiger charge is 2.12. The molecule has 6 heteroatoms. The van der Waals surface area contributed by atoms with Crippen molar-refractivity contribution < 1.29 is 9.26 Å². The number of methoxy groups -OCH3 is 1. The summed E-state index contributed by atoms with van der Waals surface area (Å²) in [5, 5.41) is 8.66. The molecule has 0 atom stereocenters. The first-order chi connectivity index (χ1) is 8.78. The molecule has 2 N–H and O–H groups in total. The second-order valence-electron chi connectivity index (χ2n) is 3.93. The molecule has 3 aromatic rings. The van der Waals surface area contributed by atoms with Gasteiger partial charge in [-0.3, -0.25) is 4.68 Å². The molecule has 2 heterocycles. The van der Waals surface area contributed by atoms with Crippen LogP contribution in [0.3, 0.4) is 0 Å². The summed E-state index contributed by atoms with van der Waals surface area (Å²) < 4.78 is 12.3. The Kier molecular flexibility index (Phi) is 2.40. The van der Waals surface area contributed by atoms with Crippen molar-refractivity contribution in [3.8, 4) is 5.75 Å². The summed E-state index contributed by atoms with van der Waals surface area (Å²) in [6, 6.07) is 5.58. The fraction of sp³-hybridized carbons (Fsp3) is 0.167. The lowest BCUT2D eigenvalue weighted by Crippen LogP contribution is -2.02. The summed E-state index contributed by atoms with van der Waals surface area (Å²) in [6.45, 7) is 0.604. The minimum absolute atomic E-state index is 0.369. The number of hydrogen-bond donors (Lipinski definition) is 1. The average Bonchev–Trinajstić information content (AvgIpc) is 2.99. The molecule has 0 aliphatic rings. The van der Waals surface area contributed by atoms with E-state index in [2.05, 4.69) is 10.3 Å². The molecular weight excluding hydrogens is 232 g/mol. The quantitative estimate of drug-likeness (QED) is 0.758. The molecule has 1 aromatic carbocycles. The molecule has 0 aliphatic carbocycles. The molecule has 0 amide bonds. The van der Waals surface area contributed by atoms with Gasteiger partial charge >= 0.3 is 0 Å². The largest absolute Gasteiger partial charge is 0.496 e. The first kappa shape index (κ1) is 10.6. The van der Waals surface area contributed by atoms with Gasteiger partial charge in [0.1, 0.15) is 5.75 Å². The molecule has 3 rings (SSSR count). The zero-order valence-electron chi connectivity index (χ0n) is 9.83. The van der Waals surface area contributed by atoms with Gasteiger partial charge in [0.15, 0.2) is 11.4 Å². The monoisotopic (exact) mass is 244 g/mol. The first-order valence-electron chi connectivity index (χ1n) is 5.47. The fourth-order valence-corrected chi connectivity index (χ4v) is 1.91. The van der Waals surface area contributed by atoms with Crippen LogP contribution in [0.2, 0.25) is 0 Å². The molecule has 0 bridgehead atoms. The number of benzene rings is 1. The van der Waals surface area contributed by atoms with Gasteiger partial charge < -0.3 is 15.0 Å². The molecule has 0 saturated heterocycles. The summed E-state index contributed by atoms with van der Waals surface area (Å²) in [5.41, 5.74) is 7.32. The van der Waals surface area contributed by atoms with Crippen LogP contribution >= 0.6 is 0 Å². The van der Waals surface area contributed by atoms with Crippen LogP contribution in [0, 0.1) is 0 Å². The Balaban J connectivity index is 2.09. The fourth-order valence-electron chi connectivity index (χ4n) is 1.91. The van der Waals surface area contributed by atoms with E-state index in [1.165, 1.54) is 0 Å². The topological polar surface area (TPSA) is 79.1 Å². The van der Waals surface area contributed by atoms with Crippen LogP contribution in [0.5, 0.6) is 5.75 Å². The molecule has 0 fully saturated rings. The van der Waals surface area contributed by atoms with Gasteiger partial charge in [0.25, 0.3) is 0 Å². The number of nitrogens with two attached hydrogens (primary N) is 1. The molecule has 6 nitrogen and oxygen atoms in total. The molecule has 0 aliphatic heterocycles. The first-order valence-corrected chi connectivity index (χ1v) is 5.47. The van der Waals surface area contributed by atoms with E-state index in [1.54, 1.807) is 13.3 Å². The van der Waals surface area contributed by atoms with Crippen LogP contribution in [0.1, 0.15) is 5.56 Å². The van der Waals surface area contributed by atoms with E-state index in [0.29, 0.717) is 17.9 Å². The molecule has 2 aromatic heterocycles. The highest BCUT2D eigenvalue weighted by atomic mass is 16.5. The minimum atomic E-state index is 0.369. The van der Waals surface area contributed by atoms with Gasteiger partial charge in [-0.2, -0.15) is 5.10 Å². The molecule has 0 saturated carbocycles. The van der Waals surface area contributed by atoms with E-state index >= 15 is 0 Å². The Morgan fingerprint density at radius 2 is 2.33 bits per heavy atom. The van der Waals surface area contributed by atoms with Crippen molar-refractivity contribution in [2.45, 2.75) is 6.54 Å². The Bertz CT molecular complexity index is 673. The van der Waals surface area contributed by atoms with Gasteiger partial charge in [0, 0.05) is 18.0 Å². The van der Waals surface area contributed by atoms with Crippen LogP contribution in [0.15, 0.2) is 35.1 Å². The standard InChI is InChI=1S/C12H12N4O2/c1-17-10-6-9-11(18-15-12(9)13)5-8(10)7-16-4-2-3-14-16/h2-6H,7H2,1H3,(H2,13,15). The zero-order chi connectivity index (χ0) is 12.5. The van der Waals surface area contributed by atoms with E-state index in [0.717, 1.165) is 16.7 Å². The molecule has 0 radical (unpaired) electrons. The van der Waals surface area contributed by atoms with Gasteiger partial charge in [0.05, 0.1) is 19.0 Å². The van der Waals surface area contributed by atoms with Gasteiger partial charge in [-0.1, -0.05) is 5.16 Å². The summed E-state index contributed by atoms with van der Waals surface area (Å²) in [5.74, 6) is 1.11. The number of hydrogen-bond acceptors (Lipinski definition) is 5. The summed E-state index contributed by atoms with van der Waals surface area (Å²) in [7, 11) is 1.62. The van der Waals surface area contributed by atoms with E-state index in [9.17, 15) is 0 Å². The molecule has 0 spiro atoms. The number of aromatic nitrogens is 3. The second-order valence-corrected chi connectivity index (χ2v) is 3.93. The normalized spacial score (nSPS) is 10.9. The SMILES string of the molecule is COc1cc2c(N)noc2cc1Cn1cccn1. The number of ether oxygens (including phenoxy) is 1. The van der Waals surface area contributed by atoms with Crippen LogP contribution < -0.4 is 10.5 Å². The highest BCUT2D eigenvalue weighted by Crippen LogP contribution is 2.29. The smallest absolute Gasteiger partial charge is 0.174 e. The Labute approximate surface area is 103 Å². The van der Waals surface area contributed by atoms with Crippen LogP contribution in [0.4, 0.5) is 5.82 Å². The van der Waals surface area contributed by atoms with Crippen molar-refractivity contribution in [1.82, 2.24) is 14.9 Å². The zero-order valence-corrected chi connectivity index (χ0v) is 9.83. The Hall–Kier alpha value is -2.50. The summed E-state index contributed by atoms with van der Waals surface area (Å²) in [4.78, 5) is 0. The van der Waals surface area contributed by atoms with Gasteiger partial charge in [-0.15, -0.1) is 0 Å². The predicted molar refractivity (Wildman–Crippen MR) is 66.3 cm³/mol. The lowest BCUT2D eigenvalue weighted by atomic mass is 10.1. The van der Waals surface area contributed by atoms with Crippen molar-refractivity contribution >= 4 is 16.8 Å². The van der Waals surface area contributed by atoms with Gasteiger partial charge in [-0.25, -0.2) is 0 Å². The third-order valence-corrected chi connectivity index (χ3v) is 2.79. The highest BCUT2D eigenvalue weighted by molar-refractivity contribution is 5.88. The van der Waals surface area contributed by atoms with Crippen LogP contribution in [0.25, 0.3) is 11.0 Å². The van der Waals surface area contributed by atoms with Crippen molar-refractivity contribution in [2.24, 2.45) is 0 Å². The third-order valence-electron chi connectivity index (χ3n) is 2.79. The lowest BCUT2D eigenvalue weighted by Gasteiger charge is -2.08. The second kappa shape index (κ2) is 4.06. The van der Waals surface area contributed by atoms with Crippen LogP contribution in [-0.2, 0) is 6.54 Å². The van der Waals surface area contributed by atoms with Crippen molar-refractivity contribution in [3.63, 3.8) is 0 Å². The summed E-state index contributed by atoms with van der Waals surface area (Å²) in [6.07, 6.45) is 3.62. The van der Waals surface area contributed by atoms with E-state index in [4.69, 9.17) is 15.0 Å². The number of fused-ring (bicyclic) bond motifs is 1. The van der Waals surface area contributed by atoms with Crippen molar-refractivity contribution in [3.05, 3.63) is 36.2 Å². The number of anilines is 1. The Morgan fingerprint density at radius 1 is 1.44 bits per heavy atom. The molecule has 92 valence electrons. The van der Waals surface area contributed by atoms with Crippen molar-refractivity contribution in [2.75, 3.05) is 12.8 Å². The van der Waals surface area contributed by atoms with Crippen LogP contribution in [-0.4, -0.2) is 22.0 Å². The lowest BCUT2D eigenvalue weighted by molar-refractivity contribution is 0.407. The Morgan fingerprint density at radius 3 is 3.06 bits per heavy atom. The minimum Gasteiger partial charge on any atom is -0.496 e. The van der Waals surface area contributed by atoms with E-state index in [1.807, 2.05) is 29.1 Å². The molecule has 18 heavy (non-hydrogen) atoms. The maximum Gasteiger partial charge on any atom is 0.174 e. The summed E-state index contributed by atoms with van der Waals surface area (Å²) >= 11 is 0. The molecular formula is C12H12N4O2. The number of nitrogens with zero attached hydrogens (tertiary/aromatic N) is 3. The third kappa shape index (κ3) is 1.67. The number of rotatable bonds is 3. The average molecular weight is 244 g/mol. The van der Waals surface area contributed by atoms with Crippen molar-refractivity contribution in [1.29, 1.82) is 0 Å². The predicted octanol–water partition coefficient (Wildman–Crippen LogP) is 1.66. The van der Waals surface area contributed by atoms with E-state index < -0.39 is 0 Å². The number of nitrogen functional groups attached to an aromatic ring is 1. The maximum atomic E-state index is 5.71. The van der Waals surface area contributed by atoms with E-state index in [-0.39, 0.29) is 0 Å². The maximum absolute atomic E-state index is 5.71. The molecule has 0 unspecified atom stereocenters.